The molecule has 3 rings (SSSR count). The first-order valence-electron chi connectivity index (χ1n) is 10.2. The quantitative estimate of drug-likeness (QED) is 0.459. The number of nitrogens with two attached hydrogens (primary N) is 1. The van der Waals surface area contributed by atoms with E-state index >= 15 is 0 Å². The minimum absolute atomic E-state index is 0.116. The summed E-state index contributed by atoms with van der Waals surface area (Å²) < 4.78 is 90.4. The Labute approximate surface area is 206 Å². The number of methoxy groups -OCH3 is 2. The van der Waals surface area contributed by atoms with E-state index in [1.807, 2.05) is 0 Å². The molecule has 0 amide bonds. The van der Waals surface area contributed by atoms with E-state index in [1.165, 1.54) is 12.1 Å². The lowest BCUT2D eigenvalue weighted by atomic mass is 9.81. The van der Waals surface area contributed by atoms with Crippen molar-refractivity contribution in [2.24, 2.45) is 5.73 Å². The first-order chi connectivity index (χ1) is 17.3. The third-order valence-electron chi connectivity index (χ3n) is 5.48. The molecule has 1 heterocycles. The molecule has 2 N–H and O–H groups in total. The first-order valence-corrected chi connectivity index (χ1v) is 10.2. The Balaban J connectivity index is 2.45. The topological polar surface area (TPSA) is 106 Å². The van der Waals surface area contributed by atoms with Crippen LogP contribution in [0.25, 0.3) is 0 Å². The highest BCUT2D eigenvalue weighted by atomic mass is 19.4. The summed E-state index contributed by atoms with van der Waals surface area (Å²) in [6.07, 6.45) is -10.8. The predicted molar refractivity (Wildman–Crippen MR) is 116 cm³/mol. The third-order valence-corrected chi connectivity index (χ3v) is 5.48. The fraction of sp³-hybridized carbons (Fsp3) is 0.208. The van der Waals surface area contributed by atoms with Crippen LogP contribution in [0.5, 0.6) is 0 Å². The molecule has 0 saturated heterocycles. The number of alkyl halides is 6. The van der Waals surface area contributed by atoms with Gasteiger partial charge in [0.15, 0.2) is 0 Å². The van der Waals surface area contributed by atoms with E-state index in [0.29, 0.717) is 16.5 Å². The van der Waals surface area contributed by atoms with Crippen molar-refractivity contribution in [3.63, 3.8) is 0 Å². The lowest BCUT2D eigenvalue weighted by molar-refractivity contribution is -0.162. The Morgan fingerprint density at radius 3 is 1.97 bits per heavy atom. The maximum atomic E-state index is 13.6. The van der Waals surface area contributed by atoms with Gasteiger partial charge < -0.3 is 15.2 Å². The van der Waals surface area contributed by atoms with Gasteiger partial charge in [0.05, 0.1) is 48.5 Å². The Morgan fingerprint density at radius 2 is 1.49 bits per heavy atom. The Morgan fingerprint density at radius 1 is 0.919 bits per heavy atom. The number of nitrogens with zero attached hydrogens (tertiary/aromatic N) is 2. The largest absolute Gasteiger partial charge is 0.466 e. The van der Waals surface area contributed by atoms with Crippen LogP contribution in [0.15, 0.2) is 71.2 Å². The lowest BCUT2D eigenvalue weighted by Crippen LogP contribution is -2.41. The van der Waals surface area contributed by atoms with E-state index in [2.05, 4.69) is 0 Å². The number of rotatable bonds is 4. The van der Waals surface area contributed by atoms with Crippen molar-refractivity contribution in [2.75, 3.05) is 19.1 Å². The van der Waals surface area contributed by atoms with Crippen LogP contribution in [-0.2, 0) is 31.4 Å². The van der Waals surface area contributed by atoms with Crippen LogP contribution >= 0.6 is 0 Å². The van der Waals surface area contributed by atoms with Gasteiger partial charge in [0.1, 0.15) is 11.5 Å². The van der Waals surface area contributed by atoms with E-state index in [9.17, 15) is 41.2 Å². The number of carbonyl (C=O) groups is 2. The Kier molecular flexibility index (Phi) is 7.25. The van der Waals surface area contributed by atoms with Crippen LogP contribution in [0.2, 0.25) is 0 Å². The fourth-order valence-electron chi connectivity index (χ4n) is 3.93. The van der Waals surface area contributed by atoms with Crippen LogP contribution in [0.1, 0.15) is 22.6 Å². The summed E-state index contributed by atoms with van der Waals surface area (Å²) in [4.78, 5) is 26.4. The van der Waals surface area contributed by atoms with Crippen molar-refractivity contribution >= 4 is 17.6 Å². The smallest absolute Gasteiger partial charge is 0.417 e. The van der Waals surface area contributed by atoms with Crippen molar-refractivity contribution in [3.05, 3.63) is 87.9 Å². The molecule has 0 spiro atoms. The van der Waals surface area contributed by atoms with E-state index < -0.39 is 64.1 Å². The molecule has 1 atom stereocenters. The molecule has 37 heavy (non-hydrogen) atoms. The van der Waals surface area contributed by atoms with Gasteiger partial charge in [-0.05, 0) is 23.8 Å². The van der Waals surface area contributed by atoms with Gasteiger partial charge in [0, 0.05) is 5.69 Å². The minimum atomic E-state index is -5.46. The number of nitriles is 1. The van der Waals surface area contributed by atoms with Crippen LogP contribution < -0.4 is 10.6 Å². The summed E-state index contributed by atoms with van der Waals surface area (Å²) in [5.74, 6) is -4.32. The fourth-order valence-corrected chi connectivity index (χ4v) is 3.93. The van der Waals surface area contributed by atoms with Gasteiger partial charge in [-0.3, -0.25) is 4.90 Å². The first kappa shape index (κ1) is 27.1. The third kappa shape index (κ3) is 4.95. The van der Waals surface area contributed by atoms with Gasteiger partial charge in [0.25, 0.3) is 0 Å². The number of hydrogen-bond acceptors (Lipinski definition) is 7. The second kappa shape index (κ2) is 9.88. The summed E-state index contributed by atoms with van der Waals surface area (Å²) in [6.45, 7) is 0. The zero-order valence-electron chi connectivity index (χ0n) is 19.1. The normalized spacial score (nSPS) is 16.4. The molecular formula is C24H17F6N3O4. The van der Waals surface area contributed by atoms with Crippen LogP contribution in [0.3, 0.4) is 0 Å². The van der Waals surface area contributed by atoms with Gasteiger partial charge in [-0.1, -0.05) is 30.3 Å². The number of anilines is 1. The lowest BCUT2D eigenvalue weighted by Gasteiger charge is -2.36. The molecule has 0 aromatic heterocycles. The van der Waals surface area contributed by atoms with E-state index in [1.54, 1.807) is 24.3 Å². The number of esters is 2. The number of halogens is 6. The molecule has 0 bridgehead atoms. The molecular weight excluding hydrogens is 508 g/mol. The molecule has 0 aliphatic carbocycles. The molecule has 0 radical (unpaired) electrons. The van der Waals surface area contributed by atoms with Crippen molar-refractivity contribution < 1.29 is 45.4 Å². The van der Waals surface area contributed by atoms with Gasteiger partial charge in [-0.2, -0.15) is 31.6 Å². The predicted octanol–water partition coefficient (Wildman–Crippen LogP) is 4.62. The van der Waals surface area contributed by atoms with Gasteiger partial charge in [-0.25, -0.2) is 9.59 Å². The molecule has 2 aromatic rings. The standard InChI is InChI=1S/C24H17F6N3O4/c1-36-21(34)18-17(12-6-4-3-5-7-12)14(11-31)20(32)33(19(18)22(35)37-2)13-8-9-15(23(25,26)27)16(10-13)24(28,29)30/h3-10,17H,32H2,1-2H3. The minimum Gasteiger partial charge on any atom is -0.466 e. The number of carbonyl (C=O) groups excluding carboxylic acids is 2. The molecule has 0 fully saturated rings. The highest BCUT2D eigenvalue weighted by molar-refractivity contribution is 6.06. The zero-order valence-corrected chi connectivity index (χ0v) is 19.1. The maximum Gasteiger partial charge on any atom is 0.417 e. The average molecular weight is 525 g/mol. The summed E-state index contributed by atoms with van der Waals surface area (Å²) in [7, 11) is 1.87. The molecule has 0 saturated carbocycles. The van der Waals surface area contributed by atoms with Crippen LogP contribution in [0, 0.1) is 11.3 Å². The van der Waals surface area contributed by atoms with Crippen molar-refractivity contribution in [1.82, 2.24) is 0 Å². The Bertz CT molecular complexity index is 1340. The number of benzene rings is 2. The van der Waals surface area contributed by atoms with Gasteiger partial charge in [0.2, 0.25) is 0 Å². The molecule has 2 aromatic carbocycles. The van der Waals surface area contributed by atoms with E-state index in [-0.39, 0.29) is 17.7 Å². The number of hydrogen-bond donors (Lipinski definition) is 1. The summed E-state index contributed by atoms with van der Waals surface area (Å²) in [5.41, 5.74) is 0.0991. The second-order valence-corrected chi connectivity index (χ2v) is 7.56. The zero-order chi connectivity index (χ0) is 27.7. The average Bonchev–Trinajstić information content (AvgIpc) is 2.86. The summed E-state index contributed by atoms with van der Waals surface area (Å²) in [6, 6.07) is 10.4. The number of ether oxygens (including phenoxy) is 2. The van der Waals surface area contributed by atoms with Crippen molar-refractivity contribution in [2.45, 2.75) is 18.3 Å². The van der Waals surface area contributed by atoms with Gasteiger partial charge in [-0.15, -0.1) is 0 Å². The maximum absolute atomic E-state index is 13.6. The highest BCUT2D eigenvalue weighted by Gasteiger charge is 2.46. The van der Waals surface area contributed by atoms with Crippen LogP contribution in [-0.4, -0.2) is 26.2 Å². The molecule has 13 heteroatoms. The molecule has 7 nitrogen and oxygen atoms in total. The van der Waals surface area contributed by atoms with E-state index in [4.69, 9.17) is 15.2 Å². The SMILES string of the molecule is COC(=O)C1=C(C(=O)OC)N(c2ccc(C(F)(F)F)c(C(F)(F)F)c2)C(N)=C(C#N)C1c1ccccc1. The monoisotopic (exact) mass is 525 g/mol. The van der Waals surface area contributed by atoms with Crippen molar-refractivity contribution in [1.29, 1.82) is 5.26 Å². The van der Waals surface area contributed by atoms with E-state index in [0.717, 1.165) is 14.2 Å². The molecule has 1 aliphatic heterocycles. The molecule has 1 aliphatic rings. The number of allylic oxidation sites excluding steroid dienone is 1. The van der Waals surface area contributed by atoms with Crippen LogP contribution in [0.4, 0.5) is 32.0 Å². The van der Waals surface area contributed by atoms with Crippen molar-refractivity contribution in [3.8, 4) is 6.07 Å². The summed E-state index contributed by atoms with van der Waals surface area (Å²) >= 11 is 0. The second-order valence-electron chi connectivity index (χ2n) is 7.56. The molecule has 1 unspecified atom stereocenters. The molecule has 194 valence electrons. The Hall–Kier alpha value is -4.47. The highest BCUT2D eigenvalue weighted by Crippen LogP contribution is 2.46. The summed E-state index contributed by atoms with van der Waals surface area (Å²) in [5, 5.41) is 9.91. The van der Waals surface area contributed by atoms with Gasteiger partial charge >= 0.3 is 24.3 Å².